The number of carbonyl (C=O) groups excluding carboxylic acids is 1. The summed E-state index contributed by atoms with van der Waals surface area (Å²) < 4.78 is 18.5. The molecule has 25 heavy (non-hydrogen) atoms. The molecule has 0 bridgehead atoms. The van der Waals surface area contributed by atoms with Gasteiger partial charge in [-0.05, 0) is 56.2 Å². The van der Waals surface area contributed by atoms with Crippen LogP contribution in [0.1, 0.15) is 25.0 Å². The Labute approximate surface area is 146 Å². The van der Waals surface area contributed by atoms with E-state index in [9.17, 15) is 9.18 Å². The number of carbonyl (C=O) groups is 1. The third-order valence-corrected chi connectivity index (χ3v) is 3.33. The van der Waals surface area contributed by atoms with E-state index in [1.165, 1.54) is 12.1 Å². The first-order valence-electron chi connectivity index (χ1n) is 7.98. The van der Waals surface area contributed by atoms with Gasteiger partial charge in [0.15, 0.2) is 0 Å². The van der Waals surface area contributed by atoms with Crippen molar-refractivity contribution in [3.05, 3.63) is 59.4 Å². The predicted molar refractivity (Wildman–Crippen MR) is 94.0 cm³/mol. The van der Waals surface area contributed by atoms with E-state index in [2.05, 4.69) is 10.6 Å². The number of rotatable bonds is 6. The molecule has 0 aliphatic heterocycles. The topological polar surface area (TPSA) is 74.1 Å². The Kier molecular flexibility index (Phi) is 6.35. The number of ether oxygens (including phenoxy) is 1. The predicted octanol–water partition coefficient (Wildman–Crippen LogP) is 3.85. The van der Waals surface area contributed by atoms with Gasteiger partial charge in [-0.1, -0.05) is 12.1 Å². The van der Waals surface area contributed by atoms with Crippen LogP contribution >= 0.6 is 0 Å². The lowest BCUT2D eigenvalue weighted by atomic mass is 10.1. The van der Waals surface area contributed by atoms with E-state index in [1.807, 2.05) is 19.9 Å². The smallest absolute Gasteiger partial charge is 0.319 e. The minimum Gasteiger partial charge on any atom is -0.489 e. The molecule has 0 aliphatic rings. The van der Waals surface area contributed by atoms with Crippen LogP contribution in [0.25, 0.3) is 0 Å². The number of hydrogen-bond donors (Lipinski definition) is 2. The molecule has 0 aromatic heterocycles. The molecule has 0 saturated heterocycles. The molecule has 0 unspecified atom stereocenters. The zero-order chi connectivity index (χ0) is 18.2. The largest absolute Gasteiger partial charge is 0.489 e. The molecule has 0 aliphatic carbocycles. The van der Waals surface area contributed by atoms with Crippen molar-refractivity contribution in [2.45, 2.75) is 26.4 Å². The number of nitrogens with one attached hydrogen (secondary N) is 2. The van der Waals surface area contributed by atoms with Crippen LogP contribution in [-0.4, -0.2) is 18.7 Å². The number of hydrogen-bond acceptors (Lipinski definition) is 3. The summed E-state index contributed by atoms with van der Waals surface area (Å²) in [5.41, 5.74) is 1.79. The summed E-state index contributed by atoms with van der Waals surface area (Å²) in [4.78, 5) is 12.1. The lowest BCUT2D eigenvalue weighted by Gasteiger charge is -2.15. The molecule has 0 spiro atoms. The first kappa shape index (κ1) is 18.3. The highest BCUT2D eigenvalue weighted by Crippen LogP contribution is 2.26. The first-order valence-corrected chi connectivity index (χ1v) is 7.98. The summed E-state index contributed by atoms with van der Waals surface area (Å²) in [6.07, 6.45) is 0.524. The fourth-order valence-corrected chi connectivity index (χ4v) is 2.19. The van der Waals surface area contributed by atoms with Gasteiger partial charge in [0.05, 0.1) is 23.4 Å². The number of anilines is 1. The van der Waals surface area contributed by atoms with Crippen LogP contribution in [0.5, 0.6) is 5.75 Å². The number of urea groups is 1. The van der Waals surface area contributed by atoms with Crippen molar-refractivity contribution in [1.29, 1.82) is 5.26 Å². The van der Waals surface area contributed by atoms with Crippen molar-refractivity contribution in [2.75, 3.05) is 11.9 Å². The average Bonchev–Trinajstić information content (AvgIpc) is 2.58. The molecule has 2 rings (SSSR count). The standard InChI is InChI=1S/C19H20FN3O2/c1-13(2)25-18-8-5-15(12-21)11-17(18)23-19(24)22-10-9-14-3-6-16(20)7-4-14/h3-8,11,13H,9-10H2,1-2H3,(H2,22,23,24). The Hall–Kier alpha value is -3.07. The third-order valence-electron chi connectivity index (χ3n) is 3.33. The van der Waals surface area contributed by atoms with Crippen molar-refractivity contribution < 1.29 is 13.9 Å². The zero-order valence-electron chi connectivity index (χ0n) is 14.2. The highest BCUT2D eigenvalue weighted by molar-refractivity contribution is 5.91. The molecular formula is C19H20FN3O2. The second kappa shape index (κ2) is 8.69. The molecule has 2 N–H and O–H groups in total. The summed E-state index contributed by atoms with van der Waals surface area (Å²) in [7, 11) is 0. The Balaban J connectivity index is 1.94. The van der Waals surface area contributed by atoms with Gasteiger partial charge in [-0.25, -0.2) is 9.18 Å². The van der Waals surface area contributed by atoms with Crippen LogP contribution in [-0.2, 0) is 6.42 Å². The fraction of sp³-hybridized carbons (Fsp3) is 0.263. The average molecular weight is 341 g/mol. The second-order valence-electron chi connectivity index (χ2n) is 5.75. The quantitative estimate of drug-likeness (QED) is 0.838. The van der Waals surface area contributed by atoms with Crippen LogP contribution in [0.3, 0.4) is 0 Å². The van der Waals surface area contributed by atoms with E-state index in [1.54, 1.807) is 30.3 Å². The highest BCUT2D eigenvalue weighted by atomic mass is 19.1. The van der Waals surface area contributed by atoms with Gasteiger partial charge < -0.3 is 15.4 Å². The molecule has 0 radical (unpaired) electrons. The van der Waals surface area contributed by atoms with Gasteiger partial charge in [0, 0.05) is 6.54 Å². The van der Waals surface area contributed by atoms with E-state index in [-0.39, 0.29) is 11.9 Å². The number of benzene rings is 2. The Morgan fingerprint density at radius 2 is 1.96 bits per heavy atom. The molecular weight excluding hydrogens is 321 g/mol. The summed E-state index contributed by atoms with van der Waals surface area (Å²) in [6.45, 7) is 4.16. The van der Waals surface area contributed by atoms with E-state index >= 15 is 0 Å². The number of nitriles is 1. The Morgan fingerprint density at radius 3 is 2.60 bits per heavy atom. The van der Waals surface area contributed by atoms with E-state index in [4.69, 9.17) is 10.00 Å². The minimum absolute atomic E-state index is 0.0602. The van der Waals surface area contributed by atoms with Crippen molar-refractivity contribution in [3.63, 3.8) is 0 Å². The molecule has 0 saturated carbocycles. The fourth-order valence-electron chi connectivity index (χ4n) is 2.19. The van der Waals surface area contributed by atoms with E-state index < -0.39 is 6.03 Å². The van der Waals surface area contributed by atoms with Crippen molar-refractivity contribution >= 4 is 11.7 Å². The van der Waals surface area contributed by atoms with Crippen molar-refractivity contribution in [2.24, 2.45) is 0 Å². The van der Waals surface area contributed by atoms with E-state index in [0.29, 0.717) is 30.0 Å². The normalized spacial score (nSPS) is 10.2. The monoisotopic (exact) mass is 341 g/mol. The molecule has 0 fully saturated rings. The van der Waals surface area contributed by atoms with Crippen LogP contribution in [0.15, 0.2) is 42.5 Å². The molecule has 0 atom stereocenters. The van der Waals surface area contributed by atoms with Gasteiger partial charge in [-0.2, -0.15) is 5.26 Å². The maximum Gasteiger partial charge on any atom is 0.319 e. The van der Waals surface area contributed by atoms with Gasteiger partial charge in [-0.3, -0.25) is 0 Å². The molecule has 2 aromatic rings. The minimum atomic E-state index is -0.397. The van der Waals surface area contributed by atoms with Crippen molar-refractivity contribution in [3.8, 4) is 11.8 Å². The lowest BCUT2D eigenvalue weighted by Crippen LogP contribution is -2.30. The molecule has 0 heterocycles. The third kappa shape index (κ3) is 5.81. The number of amides is 2. The first-order chi connectivity index (χ1) is 12.0. The van der Waals surface area contributed by atoms with Crippen LogP contribution < -0.4 is 15.4 Å². The number of halogens is 1. The SMILES string of the molecule is CC(C)Oc1ccc(C#N)cc1NC(=O)NCCc1ccc(F)cc1. The van der Waals surface area contributed by atoms with Gasteiger partial charge in [0.25, 0.3) is 0 Å². The lowest BCUT2D eigenvalue weighted by molar-refractivity contribution is 0.241. The Bertz CT molecular complexity index is 767. The zero-order valence-corrected chi connectivity index (χ0v) is 14.2. The summed E-state index contributed by atoms with van der Waals surface area (Å²) in [5, 5.41) is 14.4. The second-order valence-corrected chi connectivity index (χ2v) is 5.75. The van der Waals surface area contributed by atoms with Crippen LogP contribution in [0.4, 0.5) is 14.9 Å². The molecule has 5 nitrogen and oxygen atoms in total. The molecule has 2 amide bonds. The molecule has 2 aromatic carbocycles. The van der Waals surface area contributed by atoms with Crippen LogP contribution in [0.2, 0.25) is 0 Å². The van der Waals surface area contributed by atoms with Crippen molar-refractivity contribution in [1.82, 2.24) is 5.32 Å². The summed E-state index contributed by atoms with van der Waals surface area (Å²) in [6, 6.07) is 12.6. The Morgan fingerprint density at radius 1 is 1.24 bits per heavy atom. The van der Waals surface area contributed by atoms with Gasteiger partial charge in [0.1, 0.15) is 11.6 Å². The summed E-state index contributed by atoms with van der Waals surface area (Å²) >= 11 is 0. The number of nitrogens with zero attached hydrogens (tertiary/aromatic N) is 1. The van der Waals surface area contributed by atoms with Gasteiger partial charge in [-0.15, -0.1) is 0 Å². The van der Waals surface area contributed by atoms with E-state index in [0.717, 1.165) is 5.56 Å². The summed E-state index contributed by atoms with van der Waals surface area (Å²) in [5.74, 6) is 0.215. The van der Waals surface area contributed by atoms with Gasteiger partial charge in [0.2, 0.25) is 0 Å². The highest BCUT2D eigenvalue weighted by Gasteiger charge is 2.10. The maximum absolute atomic E-state index is 12.9. The molecule has 130 valence electrons. The van der Waals surface area contributed by atoms with Crippen LogP contribution in [0, 0.1) is 17.1 Å². The maximum atomic E-state index is 12.9. The van der Waals surface area contributed by atoms with Gasteiger partial charge >= 0.3 is 6.03 Å². The molecule has 6 heteroatoms.